The van der Waals surface area contributed by atoms with Crippen LogP contribution in [-0.2, 0) is 5.75 Å². The topological polar surface area (TPSA) is 85.1 Å². The summed E-state index contributed by atoms with van der Waals surface area (Å²) >= 11 is 7.66. The molecule has 0 unspecified atom stereocenters. The van der Waals surface area contributed by atoms with E-state index in [0.29, 0.717) is 27.4 Å². The summed E-state index contributed by atoms with van der Waals surface area (Å²) in [5.41, 5.74) is 3.25. The van der Waals surface area contributed by atoms with Crippen molar-refractivity contribution < 1.29 is 18.4 Å². The fourth-order valence-electron chi connectivity index (χ4n) is 3.90. The fraction of sp³-hybridized carbons (Fsp3) is 0.103. The zero-order valence-electron chi connectivity index (χ0n) is 20.4. The van der Waals surface area contributed by atoms with E-state index in [2.05, 4.69) is 21.4 Å². The van der Waals surface area contributed by atoms with Gasteiger partial charge in [0, 0.05) is 16.7 Å². The van der Waals surface area contributed by atoms with Crippen molar-refractivity contribution in [3.63, 3.8) is 0 Å². The SMILES string of the molecule is Cc1cccc(CSc2ncc(Cl)c(C(=O)Nc3c(C(=O)c4ccc(C)c(F)c4)oc4ccccc34)n2)c1. The second-order valence-corrected chi connectivity index (χ2v) is 10.0. The fourth-order valence-corrected chi connectivity index (χ4v) is 4.83. The van der Waals surface area contributed by atoms with E-state index in [0.717, 1.165) is 17.2 Å². The molecular weight excluding hydrogens is 525 g/mol. The molecule has 0 aliphatic rings. The number of aromatic nitrogens is 2. The smallest absolute Gasteiger partial charge is 0.276 e. The molecule has 1 N–H and O–H groups in total. The second kappa shape index (κ2) is 10.8. The summed E-state index contributed by atoms with van der Waals surface area (Å²) in [4.78, 5) is 35.3. The Morgan fingerprint density at radius 3 is 2.66 bits per heavy atom. The summed E-state index contributed by atoms with van der Waals surface area (Å²) in [7, 11) is 0. The molecule has 1 amide bonds. The quantitative estimate of drug-likeness (QED) is 0.130. The van der Waals surface area contributed by atoms with Crippen molar-refractivity contribution in [1.82, 2.24) is 9.97 Å². The van der Waals surface area contributed by atoms with E-state index >= 15 is 0 Å². The lowest BCUT2D eigenvalue weighted by molar-refractivity contribution is 0.101. The van der Waals surface area contributed by atoms with Crippen LogP contribution in [0.25, 0.3) is 11.0 Å². The molecule has 0 radical (unpaired) electrons. The van der Waals surface area contributed by atoms with Gasteiger partial charge in [-0.2, -0.15) is 0 Å². The van der Waals surface area contributed by atoms with Crippen LogP contribution in [0.3, 0.4) is 0 Å². The molecular formula is C29H21ClFN3O3S. The van der Waals surface area contributed by atoms with Crippen LogP contribution in [0.4, 0.5) is 10.1 Å². The van der Waals surface area contributed by atoms with E-state index in [-0.39, 0.29) is 27.7 Å². The number of benzene rings is 3. The highest BCUT2D eigenvalue weighted by molar-refractivity contribution is 7.98. The van der Waals surface area contributed by atoms with Crippen molar-refractivity contribution in [1.29, 1.82) is 0 Å². The number of rotatable bonds is 7. The number of ketones is 1. The van der Waals surface area contributed by atoms with E-state index in [9.17, 15) is 14.0 Å². The summed E-state index contributed by atoms with van der Waals surface area (Å²) in [6.45, 7) is 3.62. The average Bonchev–Trinajstić information content (AvgIpc) is 3.27. The lowest BCUT2D eigenvalue weighted by Crippen LogP contribution is -2.17. The molecule has 5 rings (SSSR count). The molecule has 0 spiro atoms. The predicted molar refractivity (Wildman–Crippen MR) is 147 cm³/mol. The number of halogens is 2. The first-order chi connectivity index (χ1) is 18.3. The molecule has 38 heavy (non-hydrogen) atoms. The van der Waals surface area contributed by atoms with Crippen molar-refractivity contribution in [2.45, 2.75) is 24.8 Å². The van der Waals surface area contributed by atoms with E-state index in [1.807, 2.05) is 25.1 Å². The molecule has 0 aliphatic carbocycles. The standard InChI is InChI=1S/C29H21ClFN3O3S/c1-16-6-5-7-18(12-16)15-38-29-32-14-21(30)25(34-29)28(36)33-24-20-8-3-4-9-23(20)37-27(24)26(35)19-11-10-17(2)22(31)13-19/h3-14H,15H2,1-2H3,(H,33,36). The molecule has 6 nitrogen and oxygen atoms in total. The van der Waals surface area contributed by atoms with Crippen LogP contribution in [0.15, 0.2) is 82.5 Å². The van der Waals surface area contributed by atoms with Crippen LogP contribution in [0.2, 0.25) is 5.02 Å². The zero-order chi connectivity index (χ0) is 26.8. The number of hydrogen-bond acceptors (Lipinski definition) is 6. The highest BCUT2D eigenvalue weighted by Crippen LogP contribution is 2.33. The Morgan fingerprint density at radius 2 is 1.87 bits per heavy atom. The molecule has 0 aliphatic heterocycles. The van der Waals surface area contributed by atoms with Gasteiger partial charge in [0.1, 0.15) is 11.4 Å². The molecule has 2 heterocycles. The van der Waals surface area contributed by atoms with E-state index in [1.54, 1.807) is 31.2 Å². The van der Waals surface area contributed by atoms with E-state index in [1.165, 1.54) is 30.1 Å². The van der Waals surface area contributed by atoms with Gasteiger partial charge in [0.25, 0.3) is 5.91 Å². The van der Waals surface area contributed by atoms with Gasteiger partial charge in [0.15, 0.2) is 16.6 Å². The number of fused-ring (bicyclic) bond motifs is 1. The Kier molecular flexibility index (Phi) is 7.26. The summed E-state index contributed by atoms with van der Waals surface area (Å²) in [5, 5.41) is 3.69. The Bertz CT molecular complexity index is 1700. The van der Waals surface area contributed by atoms with Gasteiger partial charge in [-0.15, -0.1) is 0 Å². The third kappa shape index (κ3) is 5.32. The highest BCUT2D eigenvalue weighted by Gasteiger charge is 2.25. The van der Waals surface area contributed by atoms with Crippen LogP contribution in [0.1, 0.15) is 43.3 Å². The molecule has 0 saturated carbocycles. The largest absolute Gasteiger partial charge is 0.450 e. The van der Waals surface area contributed by atoms with E-state index < -0.39 is 17.5 Å². The van der Waals surface area contributed by atoms with Gasteiger partial charge in [-0.05, 0) is 43.2 Å². The van der Waals surface area contributed by atoms with Gasteiger partial charge in [-0.1, -0.05) is 77.5 Å². The lowest BCUT2D eigenvalue weighted by Gasteiger charge is -2.09. The third-order valence-electron chi connectivity index (χ3n) is 5.86. The van der Waals surface area contributed by atoms with Crippen LogP contribution in [0.5, 0.6) is 0 Å². The van der Waals surface area contributed by atoms with E-state index in [4.69, 9.17) is 16.0 Å². The number of nitrogens with zero attached hydrogens (tertiary/aromatic N) is 2. The number of anilines is 1. The summed E-state index contributed by atoms with van der Waals surface area (Å²) in [5.74, 6) is -1.23. The maximum absolute atomic E-state index is 14.2. The minimum Gasteiger partial charge on any atom is -0.450 e. The molecule has 5 aromatic rings. The van der Waals surface area contributed by atoms with Crippen molar-refractivity contribution in [3.05, 3.63) is 117 Å². The normalized spacial score (nSPS) is 11.1. The minimum atomic E-state index is -0.634. The van der Waals surface area contributed by atoms with Crippen molar-refractivity contribution >= 4 is 51.7 Å². The number of furan rings is 1. The summed E-state index contributed by atoms with van der Waals surface area (Å²) < 4.78 is 20.0. The molecule has 0 atom stereocenters. The van der Waals surface area contributed by atoms with Gasteiger partial charge < -0.3 is 9.73 Å². The number of hydrogen-bond donors (Lipinski definition) is 1. The molecule has 0 bridgehead atoms. The van der Waals surface area contributed by atoms with Crippen LogP contribution in [0, 0.1) is 19.7 Å². The van der Waals surface area contributed by atoms with Crippen LogP contribution >= 0.6 is 23.4 Å². The summed E-state index contributed by atoms with van der Waals surface area (Å²) in [6.07, 6.45) is 1.37. The molecule has 0 saturated heterocycles. The zero-order valence-corrected chi connectivity index (χ0v) is 22.0. The minimum absolute atomic E-state index is 0.0431. The Labute approximate surface area is 227 Å². The predicted octanol–water partition coefficient (Wildman–Crippen LogP) is 7.41. The maximum atomic E-state index is 14.2. The number of para-hydroxylation sites is 1. The Hall–Kier alpha value is -4.01. The number of carbonyl (C=O) groups excluding carboxylic acids is 2. The first-order valence-corrected chi connectivity index (χ1v) is 13.0. The first kappa shape index (κ1) is 25.6. The van der Waals surface area contributed by atoms with Gasteiger partial charge in [0.05, 0.1) is 16.9 Å². The van der Waals surface area contributed by atoms with Crippen LogP contribution in [-0.4, -0.2) is 21.7 Å². The first-order valence-electron chi connectivity index (χ1n) is 11.6. The molecule has 190 valence electrons. The second-order valence-electron chi connectivity index (χ2n) is 8.68. The number of amides is 1. The van der Waals surface area contributed by atoms with Gasteiger partial charge in [-0.25, -0.2) is 14.4 Å². The maximum Gasteiger partial charge on any atom is 0.276 e. The highest BCUT2D eigenvalue weighted by atomic mass is 35.5. The summed E-state index contributed by atoms with van der Waals surface area (Å²) in [6, 6.07) is 19.1. The van der Waals surface area contributed by atoms with Crippen LogP contribution < -0.4 is 5.32 Å². The van der Waals surface area contributed by atoms with Gasteiger partial charge >= 0.3 is 0 Å². The lowest BCUT2D eigenvalue weighted by atomic mass is 10.0. The van der Waals surface area contributed by atoms with Gasteiger partial charge in [0.2, 0.25) is 5.78 Å². The third-order valence-corrected chi connectivity index (χ3v) is 7.07. The number of carbonyl (C=O) groups is 2. The number of nitrogens with one attached hydrogen (secondary N) is 1. The van der Waals surface area contributed by atoms with Gasteiger partial charge in [-0.3, -0.25) is 9.59 Å². The molecule has 0 fully saturated rings. The molecule has 3 aromatic carbocycles. The van der Waals surface area contributed by atoms with Crippen molar-refractivity contribution in [2.75, 3.05) is 5.32 Å². The average molecular weight is 546 g/mol. The monoisotopic (exact) mass is 545 g/mol. The number of thioether (sulfide) groups is 1. The molecule has 2 aromatic heterocycles. The Balaban J connectivity index is 1.45. The molecule has 9 heteroatoms. The Morgan fingerprint density at radius 1 is 1.05 bits per heavy atom. The van der Waals surface area contributed by atoms with Crippen molar-refractivity contribution in [2.24, 2.45) is 0 Å². The number of aryl methyl sites for hydroxylation is 2. The van der Waals surface area contributed by atoms with Crippen molar-refractivity contribution in [3.8, 4) is 0 Å².